The summed E-state index contributed by atoms with van der Waals surface area (Å²) in [5.41, 5.74) is 1.72. The maximum Gasteiger partial charge on any atom is 0.235 e. The van der Waals surface area contributed by atoms with E-state index in [1.165, 1.54) is 11.3 Å². The van der Waals surface area contributed by atoms with Gasteiger partial charge in [-0.1, -0.05) is 37.3 Å². The Kier molecular flexibility index (Phi) is 5.33. The van der Waals surface area contributed by atoms with E-state index in [0.717, 1.165) is 11.3 Å². The summed E-state index contributed by atoms with van der Waals surface area (Å²) in [5.74, 6) is -0.0574. The predicted molar refractivity (Wildman–Crippen MR) is 85.1 cm³/mol. The summed E-state index contributed by atoms with van der Waals surface area (Å²) in [6.45, 7) is 2.27. The summed E-state index contributed by atoms with van der Waals surface area (Å²) in [4.78, 5) is 4.17. The van der Waals surface area contributed by atoms with Gasteiger partial charge in [0.15, 0.2) is 5.13 Å². The SMILES string of the molecule is COCc1csc(NS(=O)(=O)CC(C)c2ccccc2)n1. The first-order valence-corrected chi connectivity index (χ1v) is 9.02. The number of thiazole rings is 1. The molecule has 1 atom stereocenters. The van der Waals surface area contributed by atoms with E-state index in [4.69, 9.17) is 4.74 Å². The molecule has 1 heterocycles. The number of nitrogens with zero attached hydrogens (tertiary/aromatic N) is 1. The van der Waals surface area contributed by atoms with Crippen molar-refractivity contribution in [2.24, 2.45) is 0 Å². The van der Waals surface area contributed by atoms with E-state index in [1.807, 2.05) is 37.3 Å². The van der Waals surface area contributed by atoms with Crippen LogP contribution in [0.2, 0.25) is 0 Å². The second-order valence-corrected chi connectivity index (χ2v) is 7.40. The van der Waals surface area contributed by atoms with E-state index < -0.39 is 10.0 Å². The van der Waals surface area contributed by atoms with Crippen LogP contribution < -0.4 is 4.72 Å². The standard InChI is InChI=1S/C14H18N2O3S2/c1-11(12-6-4-3-5-7-12)10-21(17,18)16-14-15-13(8-19-2)9-20-14/h3-7,9,11H,8,10H2,1-2H3,(H,15,16). The van der Waals surface area contributed by atoms with Gasteiger partial charge < -0.3 is 4.74 Å². The van der Waals surface area contributed by atoms with Gasteiger partial charge in [-0.05, 0) is 11.5 Å². The zero-order valence-corrected chi connectivity index (χ0v) is 13.6. The highest BCUT2D eigenvalue weighted by atomic mass is 32.2. The van der Waals surface area contributed by atoms with E-state index in [2.05, 4.69) is 9.71 Å². The highest BCUT2D eigenvalue weighted by Crippen LogP contribution is 2.21. The van der Waals surface area contributed by atoms with E-state index in [0.29, 0.717) is 11.7 Å². The van der Waals surface area contributed by atoms with Gasteiger partial charge in [-0.2, -0.15) is 0 Å². The lowest BCUT2D eigenvalue weighted by molar-refractivity contribution is 0.182. The summed E-state index contributed by atoms with van der Waals surface area (Å²) in [5, 5.41) is 2.16. The van der Waals surface area contributed by atoms with Gasteiger partial charge >= 0.3 is 0 Å². The van der Waals surface area contributed by atoms with Crippen LogP contribution in [0.3, 0.4) is 0 Å². The Balaban J connectivity index is 2.01. The third-order valence-electron chi connectivity index (χ3n) is 2.92. The van der Waals surface area contributed by atoms with Crippen LogP contribution in [0.1, 0.15) is 24.1 Å². The minimum atomic E-state index is -3.43. The molecule has 114 valence electrons. The normalized spacial score (nSPS) is 13.0. The number of methoxy groups -OCH3 is 1. The van der Waals surface area contributed by atoms with Gasteiger partial charge in [0.25, 0.3) is 0 Å². The van der Waals surface area contributed by atoms with Gasteiger partial charge in [0.05, 0.1) is 18.1 Å². The van der Waals surface area contributed by atoms with Crippen LogP contribution in [0.15, 0.2) is 35.7 Å². The maximum atomic E-state index is 12.2. The highest BCUT2D eigenvalue weighted by molar-refractivity contribution is 7.92. The van der Waals surface area contributed by atoms with Crippen molar-refractivity contribution in [2.45, 2.75) is 19.4 Å². The van der Waals surface area contributed by atoms with Crippen molar-refractivity contribution >= 4 is 26.5 Å². The molecule has 0 bridgehead atoms. The van der Waals surface area contributed by atoms with Crippen molar-refractivity contribution in [3.63, 3.8) is 0 Å². The largest absolute Gasteiger partial charge is 0.378 e. The summed E-state index contributed by atoms with van der Waals surface area (Å²) in [7, 11) is -1.85. The Hall–Kier alpha value is -1.44. The Morgan fingerprint density at radius 2 is 2.05 bits per heavy atom. The number of sulfonamides is 1. The molecule has 0 fully saturated rings. The third kappa shape index (κ3) is 4.80. The Morgan fingerprint density at radius 1 is 1.33 bits per heavy atom. The van der Waals surface area contributed by atoms with Gasteiger partial charge in [-0.3, -0.25) is 4.72 Å². The van der Waals surface area contributed by atoms with E-state index in [-0.39, 0.29) is 11.7 Å². The molecular formula is C14H18N2O3S2. The summed E-state index contributed by atoms with van der Waals surface area (Å²) < 4.78 is 31.8. The van der Waals surface area contributed by atoms with E-state index in [9.17, 15) is 8.42 Å². The number of ether oxygens (including phenoxy) is 1. The van der Waals surface area contributed by atoms with Gasteiger partial charge in [-0.15, -0.1) is 11.3 Å². The predicted octanol–water partition coefficient (Wildman–Crippen LogP) is 2.83. The van der Waals surface area contributed by atoms with E-state index in [1.54, 1.807) is 12.5 Å². The maximum absolute atomic E-state index is 12.2. The molecule has 1 aromatic carbocycles. The van der Waals surface area contributed by atoms with Crippen molar-refractivity contribution in [3.05, 3.63) is 47.0 Å². The van der Waals surface area contributed by atoms with Gasteiger partial charge in [0, 0.05) is 12.5 Å². The molecule has 7 heteroatoms. The monoisotopic (exact) mass is 326 g/mol. The number of hydrogen-bond acceptors (Lipinski definition) is 5. The van der Waals surface area contributed by atoms with Crippen LogP contribution in [-0.2, 0) is 21.4 Å². The molecule has 2 rings (SSSR count). The van der Waals surface area contributed by atoms with Crippen LogP contribution in [0.25, 0.3) is 0 Å². The Labute approximate surface area is 129 Å². The summed E-state index contributed by atoms with van der Waals surface area (Å²) in [6.07, 6.45) is 0. The second-order valence-electron chi connectivity index (χ2n) is 4.77. The van der Waals surface area contributed by atoms with E-state index >= 15 is 0 Å². The van der Waals surface area contributed by atoms with Gasteiger partial charge in [0.2, 0.25) is 10.0 Å². The number of hydrogen-bond donors (Lipinski definition) is 1. The first kappa shape index (κ1) is 15.9. The molecular weight excluding hydrogens is 308 g/mol. The second kappa shape index (κ2) is 7.02. The zero-order chi connectivity index (χ0) is 15.3. The molecule has 1 unspecified atom stereocenters. The third-order valence-corrected chi connectivity index (χ3v) is 5.30. The number of benzene rings is 1. The molecule has 1 aromatic heterocycles. The van der Waals surface area contributed by atoms with Crippen LogP contribution >= 0.6 is 11.3 Å². The highest BCUT2D eigenvalue weighted by Gasteiger charge is 2.18. The molecule has 1 N–H and O–H groups in total. The smallest absolute Gasteiger partial charge is 0.235 e. The number of aromatic nitrogens is 1. The summed E-state index contributed by atoms with van der Waals surface area (Å²) in [6, 6.07) is 9.59. The molecule has 0 amide bonds. The van der Waals surface area contributed by atoms with Crippen molar-refractivity contribution in [1.82, 2.24) is 4.98 Å². The van der Waals surface area contributed by atoms with Gasteiger partial charge in [0.1, 0.15) is 0 Å². The van der Waals surface area contributed by atoms with Crippen LogP contribution in [0.5, 0.6) is 0 Å². The zero-order valence-electron chi connectivity index (χ0n) is 11.9. The molecule has 0 saturated heterocycles. The topological polar surface area (TPSA) is 68.3 Å². The fraction of sp³-hybridized carbons (Fsp3) is 0.357. The van der Waals surface area contributed by atoms with Gasteiger partial charge in [-0.25, -0.2) is 13.4 Å². The average molecular weight is 326 g/mol. The molecule has 21 heavy (non-hydrogen) atoms. The quantitative estimate of drug-likeness (QED) is 0.849. The molecule has 0 radical (unpaired) electrons. The lowest BCUT2D eigenvalue weighted by atomic mass is 10.0. The van der Waals surface area contributed by atoms with Crippen molar-refractivity contribution < 1.29 is 13.2 Å². The summed E-state index contributed by atoms with van der Waals surface area (Å²) >= 11 is 1.26. The number of rotatable bonds is 7. The molecule has 0 aliphatic rings. The van der Waals surface area contributed by atoms with Crippen molar-refractivity contribution in [2.75, 3.05) is 17.6 Å². The minimum Gasteiger partial charge on any atom is -0.378 e. The number of anilines is 1. The molecule has 5 nitrogen and oxygen atoms in total. The number of nitrogens with one attached hydrogen (secondary N) is 1. The van der Waals surface area contributed by atoms with Crippen molar-refractivity contribution in [3.8, 4) is 0 Å². The van der Waals surface area contributed by atoms with Crippen LogP contribution in [-0.4, -0.2) is 26.3 Å². The Morgan fingerprint density at radius 3 is 2.71 bits per heavy atom. The van der Waals surface area contributed by atoms with Crippen LogP contribution in [0, 0.1) is 0 Å². The minimum absolute atomic E-state index is 0.0240. The fourth-order valence-electron chi connectivity index (χ4n) is 1.95. The molecule has 2 aromatic rings. The molecule has 0 aliphatic heterocycles. The average Bonchev–Trinajstić information content (AvgIpc) is 2.86. The molecule has 0 spiro atoms. The lowest BCUT2D eigenvalue weighted by Crippen LogP contribution is -2.20. The first-order valence-electron chi connectivity index (χ1n) is 6.49. The first-order chi connectivity index (χ1) is 10.00. The van der Waals surface area contributed by atoms with Crippen molar-refractivity contribution in [1.29, 1.82) is 0 Å². The molecule has 0 aliphatic carbocycles. The molecule has 0 saturated carbocycles. The fourth-order valence-corrected chi connectivity index (χ4v) is 4.31. The lowest BCUT2D eigenvalue weighted by Gasteiger charge is -2.12. The van der Waals surface area contributed by atoms with Crippen LogP contribution in [0.4, 0.5) is 5.13 Å². The Bertz CT molecular complexity index is 669.